The summed E-state index contributed by atoms with van der Waals surface area (Å²) < 4.78 is 8.02. The highest BCUT2D eigenvalue weighted by molar-refractivity contribution is 5.73. The molecule has 8 heteroatoms. The highest BCUT2D eigenvalue weighted by Gasteiger charge is 2.19. The predicted molar refractivity (Wildman–Crippen MR) is 134 cm³/mol. The summed E-state index contributed by atoms with van der Waals surface area (Å²) in [6.07, 6.45) is 4.88. The second kappa shape index (κ2) is 11.6. The Hall–Kier alpha value is -3.81. The van der Waals surface area contributed by atoms with Gasteiger partial charge in [0.05, 0.1) is 13.2 Å². The van der Waals surface area contributed by atoms with E-state index in [4.69, 9.17) is 9.84 Å². The molecule has 35 heavy (non-hydrogen) atoms. The lowest BCUT2D eigenvalue weighted by atomic mass is 10.1. The largest absolute Gasteiger partial charge is 0.493 e. The molecule has 0 radical (unpaired) electrons. The maximum Gasteiger partial charge on any atom is 0.303 e. The van der Waals surface area contributed by atoms with Crippen molar-refractivity contribution in [2.75, 3.05) is 37.7 Å². The Morgan fingerprint density at radius 1 is 1.00 bits per heavy atom. The number of carboxylic acids is 1. The van der Waals surface area contributed by atoms with E-state index >= 15 is 0 Å². The van der Waals surface area contributed by atoms with E-state index < -0.39 is 5.97 Å². The fraction of sp³-hybridized carbons (Fsp3) is 0.370. The summed E-state index contributed by atoms with van der Waals surface area (Å²) in [4.78, 5) is 26.9. The summed E-state index contributed by atoms with van der Waals surface area (Å²) in [6.45, 7) is 5.89. The predicted octanol–water partition coefficient (Wildman–Crippen LogP) is 3.24. The standard InChI is InChI=1S/C27H32N4O4/c1-21(32)29-13-15-30(16-14-29)25-5-2-4-22(18-25)10-17-35-26-19-23(20-31-12-3-11-28-31)6-7-24(26)8-9-27(33)34/h2-7,11-12,18-19H,8-10,13-17,20H2,1H3,(H,33,34). The van der Waals surface area contributed by atoms with Crippen molar-refractivity contribution in [3.05, 3.63) is 77.6 Å². The Labute approximate surface area is 205 Å². The number of amides is 1. The molecule has 0 saturated carbocycles. The first-order valence-electron chi connectivity index (χ1n) is 12.0. The Morgan fingerprint density at radius 2 is 1.83 bits per heavy atom. The van der Waals surface area contributed by atoms with Gasteiger partial charge in [-0.15, -0.1) is 0 Å². The number of hydrogen-bond acceptors (Lipinski definition) is 5. The number of benzene rings is 2. The SMILES string of the molecule is CC(=O)N1CCN(c2cccc(CCOc3cc(Cn4cccn4)ccc3CCC(=O)O)c2)CC1. The summed E-state index contributed by atoms with van der Waals surface area (Å²) in [5.74, 6) is 0.0388. The number of piperazine rings is 1. The van der Waals surface area contributed by atoms with E-state index in [0.29, 0.717) is 19.6 Å². The van der Waals surface area contributed by atoms with E-state index in [9.17, 15) is 9.59 Å². The molecule has 2 aromatic carbocycles. The van der Waals surface area contributed by atoms with Crippen LogP contribution in [0.25, 0.3) is 0 Å². The number of aryl methyl sites for hydroxylation is 1. The fourth-order valence-electron chi connectivity index (χ4n) is 4.33. The van der Waals surface area contributed by atoms with Crippen LogP contribution in [-0.4, -0.2) is 64.4 Å². The molecular formula is C27H32N4O4. The lowest BCUT2D eigenvalue weighted by Gasteiger charge is -2.35. The van der Waals surface area contributed by atoms with Crippen LogP contribution in [-0.2, 0) is 29.0 Å². The van der Waals surface area contributed by atoms with Crippen LogP contribution in [0.1, 0.15) is 30.0 Å². The van der Waals surface area contributed by atoms with Crippen molar-refractivity contribution in [3.63, 3.8) is 0 Å². The van der Waals surface area contributed by atoms with Gasteiger partial charge in [0.1, 0.15) is 5.75 Å². The van der Waals surface area contributed by atoms with Crippen LogP contribution < -0.4 is 9.64 Å². The molecule has 1 aliphatic rings. The Bertz CT molecular complexity index is 1140. The molecule has 8 nitrogen and oxygen atoms in total. The molecule has 1 amide bonds. The van der Waals surface area contributed by atoms with Gasteiger partial charge >= 0.3 is 5.97 Å². The van der Waals surface area contributed by atoms with Gasteiger partial charge in [0, 0.05) is 64.0 Å². The molecule has 1 saturated heterocycles. The number of rotatable bonds is 10. The van der Waals surface area contributed by atoms with Crippen LogP contribution in [0.5, 0.6) is 5.75 Å². The first-order valence-corrected chi connectivity index (χ1v) is 12.0. The van der Waals surface area contributed by atoms with Crippen LogP contribution in [0.4, 0.5) is 5.69 Å². The lowest BCUT2D eigenvalue weighted by Crippen LogP contribution is -2.48. The number of ether oxygens (including phenoxy) is 1. The molecule has 1 N–H and O–H groups in total. The van der Waals surface area contributed by atoms with Crippen molar-refractivity contribution in [2.45, 2.75) is 32.7 Å². The van der Waals surface area contributed by atoms with E-state index in [0.717, 1.165) is 55.2 Å². The molecule has 1 aliphatic heterocycles. The molecule has 3 aromatic rings. The number of aliphatic carboxylic acids is 1. The average molecular weight is 477 g/mol. The minimum Gasteiger partial charge on any atom is -0.493 e. The first kappa shape index (κ1) is 24.3. The van der Waals surface area contributed by atoms with Gasteiger partial charge in [0.15, 0.2) is 0 Å². The van der Waals surface area contributed by atoms with E-state index in [1.807, 2.05) is 40.0 Å². The number of anilines is 1. The highest BCUT2D eigenvalue weighted by Crippen LogP contribution is 2.24. The fourth-order valence-corrected chi connectivity index (χ4v) is 4.33. The molecule has 4 rings (SSSR count). The second-order valence-electron chi connectivity index (χ2n) is 8.80. The van der Waals surface area contributed by atoms with E-state index in [-0.39, 0.29) is 12.3 Å². The Kier molecular flexibility index (Phi) is 8.03. The van der Waals surface area contributed by atoms with Crippen molar-refractivity contribution in [1.29, 1.82) is 0 Å². The third kappa shape index (κ3) is 6.85. The van der Waals surface area contributed by atoms with E-state index in [1.165, 1.54) is 5.56 Å². The maximum atomic E-state index is 11.6. The van der Waals surface area contributed by atoms with Crippen LogP contribution in [0.2, 0.25) is 0 Å². The number of carboxylic acid groups (broad SMARTS) is 1. The zero-order valence-corrected chi connectivity index (χ0v) is 20.1. The molecule has 0 atom stereocenters. The van der Waals surface area contributed by atoms with Gasteiger partial charge < -0.3 is 19.6 Å². The van der Waals surface area contributed by atoms with Crippen molar-refractivity contribution in [3.8, 4) is 5.75 Å². The van der Waals surface area contributed by atoms with Gasteiger partial charge in [-0.25, -0.2) is 0 Å². The molecule has 0 spiro atoms. The summed E-state index contributed by atoms with van der Waals surface area (Å²) >= 11 is 0. The minimum absolute atomic E-state index is 0.0633. The molecule has 0 bridgehead atoms. The lowest BCUT2D eigenvalue weighted by molar-refractivity contribution is -0.137. The molecule has 2 heterocycles. The third-order valence-corrected chi connectivity index (χ3v) is 6.29. The summed E-state index contributed by atoms with van der Waals surface area (Å²) in [6, 6.07) is 16.3. The topological polar surface area (TPSA) is 87.9 Å². The van der Waals surface area contributed by atoms with Gasteiger partial charge in [-0.05, 0) is 47.4 Å². The van der Waals surface area contributed by atoms with Crippen molar-refractivity contribution < 1.29 is 19.4 Å². The number of aromatic nitrogens is 2. The molecule has 1 fully saturated rings. The summed E-state index contributed by atoms with van der Waals surface area (Å²) in [5, 5.41) is 13.4. The maximum absolute atomic E-state index is 11.6. The first-order chi connectivity index (χ1) is 17.0. The molecule has 1 aromatic heterocycles. The van der Waals surface area contributed by atoms with Crippen LogP contribution in [0.15, 0.2) is 60.9 Å². The van der Waals surface area contributed by atoms with Gasteiger partial charge in [0.25, 0.3) is 0 Å². The van der Waals surface area contributed by atoms with Crippen LogP contribution in [0, 0.1) is 0 Å². The Morgan fingerprint density at radius 3 is 2.54 bits per heavy atom. The monoisotopic (exact) mass is 476 g/mol. The highest BCUT2D eigenvalue weighted by atomic mass is 16.5. The van der Waals surface area contributed by atoms with Crippen LogP contribution >= 0.6 is 0 Å². The molecule has 0 unspecified atom stereocenters. The van der Waals surface area contributed by atoms with Crippen molar-refractivity contribution in [2.24, 2.45) is 0 Å². The second-order valence-corrected chi connectivity index (χ2v) is 8.80. The smallest absolute Gasteiger partial charge is 0.303 e. The number of hydrogen-bond donors (Lipinski definition) is 1. The minimum atomic E-state index is -0.822. The Balaban J connectivity index is 1.39. The zero-order valence-electron chi connectivity index (χ0n) is 20.1. The van der Waals surface area contributed by atoms with Crippen molar-refractivity contribution in [1.82, 2.24) is 14.7 Å². The van der Waals surface area contributed by atoms with Gasteiger partial charge in [-0.2, -0.15) is 5.10 Å². The van der Waals surface area contributed by atoms with Gasteiger partial charge in [-0.3, -0.25) is 14.3 Å². The zero-order chi connectivity index (χ0) is 24.6. The van der Waals surface area contributed by atoms with Gasteiger partial charge in [-0.1, -0.05) is 24.3 Å². The van der Waals surface area contributed by atoms with Crippen LogP contribution in [0.3, 0.4) is 0 Å². The van der Waals surface area contributed by atoms with E-state index in [2.05, 4.69) is 34.3 Å². The average Bonchev–Trinajstić information content (AvgIpc) is 3.37. The number of nitrogens with zero attached hydrogens (tertiary/aromatic N) is 4. The molecule has 184 valence electrons. The van der Waals surface area contributed by atoms with Gasteiger partial charge in [0.2, 0.25) is 5.91 Å². The normalized spacial score (nSPS) is 13.6. The molecule has 0 aliphatic carbocycles. The van der Waals surface area contributed by atoms with E-state index in [1.54, 1.807) is 13.1 Å². The third-order valence-electron chi connectivity index (χ3n) is 6.29. The molecular weight excluding hydrogens is 444 g/mol. The number of carbonyl (C=O) groups is 2. The number of carbonyl (C=O) groups excluding carboxylic acids is 1. The quantitative estimate of drug-likeness (QED) is 0.483. The summed E-state index contributed by atoms with van der Waals surface area (Å²) in [5.41, 5.74) is 4.29. The van der Waals surface area contributed by atoms with Crippen molar-refractivity contribution >= 4 is 17.6 Å². The summed E-state index contributed by atoms with van der Waals surface area (Å²) in [7, 11) is 0.